The minimum atomic E-state index is -0.417. The first-order valence-corrected chi connectivity index (χ1v) is 10.9. The molecule has 168 valence electrons. The molecule has 1 aliphatic heterocycles. The molecular weight excluding hydrogens is 419 g/mol. The summed E-state index contributed by atoms with van der Waals surface area (Å²) in [6.45, 7) is 2.51. The molecule has 4 aromatic rings. The monoisotopic (exact) mass is 444 g/mol. The number of hydrogen-bond acceptors (Lipinski definition) is 2. The quantitative estimate of drug-likeness (QED) is 0.477. The van der Waals surface area contributed by atoms with Crippen molar-refractivity contribution >= 4 is 39.2 Å². The first kappa shape index (κ1) is 21.0. The number of para-hydroxylation sites is 1. The number of fused-ring (bicyclic) bond motifs is 2. The summed E-state index contributed by atoms with van der Waals surface area (Å²) in [6.07, 6.45) is 2.66. The van der Waals surface area contributed by atoms with Gasteiger partial charge in [-0.1, -0.05) is 24.3 Å². The van der Waals surface area contributed by atoms with Crippen LogP contribution < -0.4 is 0 Å². The fraction of sp³-hybridized carbons (Fsp3) is 0.231. The van der Waals surface area contributed by atoms with Crippen molar-refractivity contribution in [2.75, 3.05) is 27.2 Å². The van der Waals surface area contributed by atoms with Crippen LogP contribution in [-0.4, -0.2) is 58.8 Å². The third-order valence-electron chi connectivity index (χ3n) is 6.25. The highest BCUT2D eigenvalue weighted by atomic mass is 19.1. The smallest absolute Gasteiger partial charge is 0.269 e. The Labute approximate surface area is 190 Å². The zero-order valence-electron chi connectivity index (χ0n) is 18.8. The standard InChI is InChI=1S/C26H25FN4O2/c1-15(32)31-10-6-8-17(14-31)18-12-19(22-11-16-7-4-5-9-21(16)28-22)20-13-23(26(33)30(2)3)29-25(20)24(18)27/h4-5,7-9,11-13,28-29H,6,10,14H2,1-3H3. The van der Waals surface area contributed by atoms with E-state index in [9.17, 15) is 9.59 Å². The van der Waals surface area contributed by atoms with Gasteiger partial charge in [-0.15, -0.1) is 0 Å². The first-order chi connectivity index (χ1) is 15.8. The van der Waals surface area contributed by atoms with E-state index in [1.54, 1.807) is 25.1 Å². The predicted octanol–water partition coefficient (Wildman–Crippen LogP) is 4.79. The van der Waals surface area contributed by atoms with Crippen LogP contribution in [0.4, 0.5) is 4.39 Å². The number of rotatable bonds is 3. The molecule has 0 radical (unpaired) electrons. The van der Waals surface area contributed by atoms with Gasteiger partial charge in [0.2, 0.25) is 5.91 Å². The summed E-state index contributed by atoms with van der Waals surface area (Å²) in [6, 6.07) is 13.5. The molecule has 2 N–H and O–H groups in total. The van der Waals surface area contributed by atoms with Gasteiger partial charge >= 0.3 is 0 Å². The van der Waals surface area contributed by atoms with Crippen LogP contribution in [0.5, 0.6) is 0 Å². The van der Waals surface area contributed by atoms with E-state index in [2.05, 4.69) is 9.97 Å². The Hall–Kier alpha value is -3.87. The lowest BCUT2D eigenvalue weighted by molar-refractivity contribution is -0.128. The van der Waals surface area contributed by atoms with E-state index in [0.717, 1.165) is 27.7 Å². The number of carbonyl (C=O) groups excluding carboxylic acids is 2. The van der Waals surface area contributed by atoms with Gasteiger partial charge in [-0.3, -0.25) is 9.59 Å². The fourth-order valence-electron chi connectivity index (χ4n) is 4.50. The SMILES string of the molecule is CC(=O)N1CCC=C(c2cc(-c3cc4ccccc4[nH]3)c3cc(C(=O)N(C)C)[nH]c3c2F)C1. The number of aromatic amines is 2. The molecule has 2 aromatic heterocycles. The van der Waals surface area contributed by atoms with E-state index in [1.165, 1.54) is 11.8 Å². The van der Waals surface area contributed by atoms with E-state index >= 15 is 4.39 Å². The van der Waals surface area contributed by atoms with Gasteiger partial charge in [-0.2, -0.15) is 0 Å². The molecule has 33 heavy (non-hydrogen) atoms. The lowest BCUT2D eigenvalue weighted by Crippen LogP contribution is -2.33. The molecule has 6 nitrogen and oxygen atoms in total. The van der Waals surface area contributed by atoms with E-state index < -0.39 is 5.82 Å². The Morgan fingerprint density at radius 2 is 1.85 bits per heavy atom. The van der Waals surface area contributed by atoms with Crippen molar-refractivity contribution in [3.05, 3.63) is 65.6 Å². The van der Waals surface area contributed by atoms with Gasteiger partial charge in [0.15, 0.2) is 5.82 Å². The zero-order valence-corrected chi connectivity index (χ0v) is 18.8. The van der Waals surface area contributed by atoms with Crippen LogP contribution in [0, 0.1) is 5.82 Å². The molecule has 0 saturated carbocycles. The number of H-pyrrole nitrogens is 2. The van der Waals surface area contributed by atoms with Crippen molar-refractivity contribution in [1.82, 2.24) is 19.8 Å². The number of nitrogens with zero attached hydrogens (tertiary/aromatic N) is 2. The van der Waals surface area contributed by atoms with Crippen molar-refractivity contribution in [3.63, 3.8) is 0 Å². The second-order valence-electron chi connectivity index (χ2n) is 8.69. The number of halogens is 1. The highest BCUT2D eigenvalue weighted by Crippen LogP contribution is 2.37. The summed E-state index contributed by atoms with van der Waals surface area (Å²) in [5, 5.41) is 1.68. The number of benzene rings is 2. The van der Waals surface area contributed by atoms with Crippen LogP contribution in [0.25, 0.3) is 38.6 Å². The van der Waals surface area contributed by atoms with E-state index in [4.69, 9.17) is 0 Å². The van der Waals surface area contributed by atoms with Gasteiger partial charge in [0.1, 0.15) is 5.69 Å². The van der Waals surface area contributed by atoms with Crippen LogP contribution in [-0.2, 0) is 4.79 Å². The minimum Gasteiger partial charge on any atom is -0.355 e. The molecule has 7 heteroatoms. The lowest BCUT2D eigenvalue weighted by Gasteiger charge is -2.27. The van der Waals surface area contributed by atoms with Crippen LogP contribution in [0.1, 0.15) is 29.4 Å². The predicted molar refractivity (Wildman–Crippen MR) is 128 cm³/mol. The first-order valence-electron chi connectivity index (χ1n) is 10.9. The second kappa shape index (κ2) is 7.92. The molecular formula is C26H25FN4O2. The molecule has 5 rings (SSSR count). The molecule has 2 amide bonds. The van der Waals surface area contributed by atoms with Gasteiger partial charge in [-0.05, 0) is 36.3 Å². The Morgan fingerprint density at radius 3 is 2.58 bits per heavy atom. The molecule has 3 heterocycles. The van der Waals surface area contributed by atoms with Crippen LogP contribution in [0.15, 0.2) is 48.5 Å². The topological polar surface area (TPSA) is 72.2 Å². The number of carbonyl (C=O) groups is 2. The van der Waals surface area contributed by atoms with E-state index in [1.807, 2.05) is 42.5 Å². The summed E-state index contributed by atoms with van der Waals surface area (Å²) < 4.78 is 15.8. The van der Waals surface area contributed by atoms with Crippen molar-refractivity contribution < 1.29 is 14.0 Å². The molecule has 0 atom stereocenters. The third-order valence-corrected chi connectivity index (χ3v) is 6.25. The normalized spacial score (nSPS) is 14.1. The molecule has 0 aliphatic carbocycles. The van der Waals surface area contributed by atoms with E-state index in [-0.39, 0.29) is 17.3 Å². The molecule has 0 fully saturated rings. The Bertz CT molecular complexity index is 1410. The fourth-order valence-corrected chi connectivity index (χ4v) is 4.50. The van der Waals surface area contributed by atoms with Crippen molar-refractivity contribution in [1.29, 1.82) is 0 Å². The Balaban J connectivity index is 1.75. The number of aromatic nitrogens is 2. The van der Waals surface area contributed by atoms with Gasteiger partial charge in [0.05, 0.1) is 5.52 Å². The molecule has 0 bridgehead atoms. The summed E-state index contributed by atoms with van der Waals surface area (Å²) in [5.74, 6) is -0.676. The summed E-state index contributed by atoms with van der Waals surface area (Å²) in [5.41, 5.74) is 4.43. The van der Waals surface area contributed by atoms with Crippen LogP contribution in [0.2, 0.25) is 0 Å². The molecule has 0 spiro atoms. The third kappa shape index (κ3) is 3.59. The number of hydrogen-bond donors (Lipinski definition) is 2. The van der Waals surface area contributed by atoms with Gasteiger partial charge < -0.3 is 19.8 Å². The highest BCUT2D eigenvalue weighted by molar-refractivity contribution is 6.05. The molecule has 0 unspecified atom stereocenters. The second-order valence-corrected chi connectivity index (χ2v) is 8.69. The average Bonchev–Trinajstić information content (AvgIpc) is 3.44. The molecule has 0 saturated heterocycles. The summed E-state index contributed by atoms with van der Waals surface area (Å²) in [7, 11) is 3.33. The van der Waals surface area contributed by atoms with Gasteiger partial charge in [-0.25, -0.2) is 4.39 Å². The Kier molecular flexibility index (Phi) is 5.04. The number of amides is 2. The number of nitrogens with one attached hydrogen (secondary N) is 2. The zero-order chi connectivity index (χ0) is 23.3. The Morgan fingerprint density at radius 1 is 1.06 bits per heavy atom. The minimum absolute atomic E-state index is 0.0309. The maximum absolute atomic E-state index is 15.8. The van der Waals surface area contributed by atoms with Crippen molar-refractivity contribution in [3.8, 4) is 11.3 Å². The summed E-state index contributed by atoms with van der Waals surface area (Å²) >= 11 is 0. The molecule has 2 aromatic carbocycles. The summed E-state index contributed by atoms with van der Waals surface area (Å²) in [4.78, 5) is 34.2. The van der Waals surface area contributed by atoms with Gasteiger partial charge in [0.25, 0.3) is 5.91 Å². The maximum Gasteiger partial charge on any atom is 0.269 e. The van der Waals surface area contributed by atoms with E-state index in [0.29, 0.717) is 36.2 Å². The maximum atomic E-state index is 15.8. The highest BCUT2D eigenvalue weighted by Gasteiger charge is 2.24. The van der Waals surface area contributed by atoms with Crippen molar-refractivity contribution in [2.45, 2.75) is 13.3 Å². The lowest BCUT2D eigenvalue weighted by atomic mass is 9.95. The largest absolute Gasteiger partial charge is 0.355 e. The van der Waals surface area contributed by atoms with Crippen LogP contribution >= 0.6 is 0 Å². The average molecular weight is 445 g/mol. The van der Waals surface area contributed by atoms with Gasteiger partial charge in [0, 0.05) is 67.2 Å². The molecule has 1 aliphatic rings. The van der Waals surface area contributed by atoms with Crippen LogP contribution in [0.3, 0.4) is 0 Å². The van der Waals surface area contributed by atoms with Crippen molar-refractivity contribution in [2.24, 2.45) is 0 Å².